The summed E-state index contributed by atoms with van der Waals surface area (Å²) in [6.07, 6.45) is 3.03. The fourth-order valence-corrected chi connectivity index (χ4v) is 3.25. The number of nitrogens with zero attached hydrogens (tertiary/aromatic N) is 2. The van der Waals surface area contributed by atoms with E-state index in [0.717, 1.165) is 11.6 Å². The van der Waals surface area contributed by atoms with E-state index in [2.05, 4.69) is 13.8 Å². The maximum atomic E-state index is 12.3. The van der Waals surface area contributed by atoms with E-state index >= 15 is 0 Å². The zero-order chi connectivity index (χ0) is 26.2. The van der Waals surface area contributed by atoms with Crippen molar-refractivity contribution in [3.63, 3.8) is 0 Å². The van der Waals surface area contributed by atoms with Crippen molar-refractivity contribution in [3.05, 3.63) is 97.6 Å². The van der Waals surface area contributed by atoms with Crippen LogP contribution in [-0.2, 0) is 4.79 Å². The minimum Gasteiger partial charge on any atom is -0.493 e. The van der Waals surface area contributed by atoms with Crippen molar-refractivity contribution in [2.75, 3.05) is 13.7 Å². The van der Waals surface area contributed by atoms with Crippen LogP contribution in [0.5, 0.6) is 17.2 Å². The zero-order valence-corrected chi connectivity index (χ0v) is 19.9. The number of ether oxygens (including phenoxy) is 3. The Balaban J connectivity index is 1.68. The van der Waals surface area contributed by atoms with Crippen molar-refractivity contribution in [1.29, 1.82) is 0 Å². The van der Waals surface area contributed by atoms with Crippen molar-refractivity contribution < 1.29 is 28.9 Å². The number of hydrogen-bond acceptors (Lipinski definition) is 8. The van der Waals surface area contributed by atoms with Crippen LogP contribution in [0.3, 0.4) is 0 Å². The number of carbonyl (C=O) groups excluding carboxylic acids is 1. The van der Waals surface area contributed by atoms with E-state index in [1.807, 2.05) is 12.1 Å². The number of non-ortho nitro benzene ring substituents is 1. The lowest BCUT2D eigenvalue weighted by Crippen LogP contribution is -2.18. The molecule has 3 aromatic rings. The third-order valence-corrected chi connectivity index (χ3v) is 5.19. The molecule has 0 atom stereocenters. The van der Waals surface area contributed by atoms with Crippen molar-refractivity contribution in [1.82, 2.24) is 0 Å². The van der Waals surface area contributed by atoms with Crippen LogP contribution in [0, 0.1) is 20.2 Å². The summed E-state index contributed by atoms with van der Waals surface area (Å²) in [7, 11) is 1.41. The van der Waals surface area contributed by atoms with Crippen LogP contribution < -0.4 is 14.2 Å². The average molecular weight is 492 g/mol. The highest BCUT2D eigenvalue weighted by Gasteiger charge is 2.18. The zero-order valence-electron chi connectivity index (χ0n) is 19.9. The second-order valence-corrected chi connectivity index (χ2v) is 7.99. The molecule has 0 saturated heterocycles. The minimum absolute atomic E-state index is 0.180. The summed E-state index contributed by atoms with van der Waals surface area (Å²) >= 11 is 0. The van der Waals surface area contributed by atoms with Gasteiger partial charge in [-0.25, -0.2) is 4.79 Å². The fraction of sp³-hybridized carbons (Fsp3) is 0.192. The van der Waals surface area contributed by atoms with Crippen LogP contribution in [0.1, 0.15) is 36.5 Å². The summed E-state index contributed by atoms with van der Waals surface area (Å²) < 4.78 is 16.2. The molecule has 3 aromatic carbocycles. The number of nitro groups is 2. The van der Waals surface area contributed by atoms with Gasteiger partial charge in [-0.3, -0.25) is 20.2 Å². The largest absolute Gasteiger partial charge is 0.493 e. The standard InChI is InChI=1S/C26H24N2O8/c1-17(2)19-8-11-22(12-9-19)35-16-26(29)36-24-13-5-18(14-25(24)34-3)4-6-20-7-10-21(27(30)31)15-23(20)28(32)33/h4-15,17H,16H2,1-3H3/b6-4+. The molecule has 186 valence electrons. The first kappa shape index (κ1) is 25.9. The summed E-state index contributed by atoms with van der Waals surface area (Å²) in [6, 6.07) is 15.6. The molecule has 0 N–H and O–H groups in total. The Hall–Kier alpha value is -4.73. The molecule has 0 bridgehead atoms. The number of methoxy groups -OCH3 is 1. The minimum atomic E-state index is -0.696. The van der Waals surface area contributed by atoms with Crippen LogP contribution in [0.4, 0.5) is 11.4 Å². The highest BCUT2D eigenvalue weighted by Crippen LogP contribution is 2.30. The SMILES string of the molecule is COc1cc(/C=C/c2ccc([N+](=O)[O-])cc2[N+](=O)[O-])ccc1OC(=O)COc1ccc(C(C)C)cc1. The first-order valence-electron chi connectivity index (χ1n) is 10.9. The monoisotopic (exact) mass is 492 g/mol. The molecule has 0 heterocycles. The summed E-state index contributed by atoms with van der Waals surface area (Å²) in [6.45, 7) is 3.87. The molecule has 10 nitrogen and oxygen atoms in total. The Labute approximate surface area is 207 Å². The smallest absolute Gasteiger partial charge is 0.349 e. The predicted molar refractivity (Wildman–Crippen MR) is 133 cm³/mol. The van der Waals surface area contributed by atoms with E-state index in [4.69, 9.17) is 14.2 Å². The van der Waals surface area contributed by atoms with Crippen molar-refractivity contribution in [2.45, 2.75) is 19.8 Å². The quantitative estimate of drug-likeness (QED) is 0.114. The van der Waals surface area contributed by atoms with Crippen LogP contribution in [0.15, 0.2) is 60.7 Å². The summed E-state index contributed by atoms with van der Waals surface area (Å²) in [5.74, 6) is 0.762. The van der Waals surface area contributed by atoms with Crippen LogP contribution >= 0.6 is 0 Å². The molecule has 0 aliphatic rings. The normalized spacial score (nSPS) is 10.9. The molecule has 0 aliphatic heterocycles. The molecule has 0 fully saturated rings. The van der Waals surface area contributed by atoms with Gasteiger partial charge in [0.05, 0.1) is 28.6 Å². The topological polar surface area (TPSA) is 131 Å². The van der Waals surface area contributed by atoms with Gasteiger partial charge in [0.1, 0.15) is 5.75 Å². The fourth-order valence-electron chi connectivity index (χ4n) is 3.25. The Kier molecular flexibility index (Phi) is 8.35. The first-order valence-corrected chi connectivity index (χ1v) is 10.9. The van der Waals surface area contributed by atoms with Crippen molar-refractivity contribution in [2.24, 2.45) is 0 Å². The van der Waals surface area contributed by atoms with Crippen molar-refractivity contribution >= 4 is 29.5 Å². The Bertz CT molecular complexity index is 1300. The lowest BCUT2D eigenvalue weighted by molar-refractivity contribution is -0.394. The maximum Gasteiger partial charge on any atom is 0.349 e. The maximum absolute atomic E-state index is 12.3. The number of benzene rings is 3. The Morgan fingerprint density at radius 2 is 1.64 bits per heavy atom. The second-order valence-electron chi connectivity index (χ2n) is 7.99. The lowest BCUT2D eigenvalue weighted by Gasteiger charge is -2.11. The lowest BCUT2D eigenvalue weighted by atomic mass is 10.0. The van der Waals surface area contributed by atoms with Gasteiger partial charge in [0, 0.05) is 6.07 Å². The Morgan fingerprint density at radius 1 is 0.917 bits per heavy atom. The van der Waals surface area contributed by atoms with E-state index in [1.54, 1.807) is 30.3 Å². The van der Waals surface area contributed by atoms with Gasteiger partial charge in [-0.05, 0) is 53.5 Å². The highest BCUT2D eigenvalue weighted by molar-refractivity contribution is 5.77. The number of esters is 1. The van der Waals surface area contributed by atoms with E-state index in [9.17, 15) is 25.0 Å². The summed E-state index contributed by atoms with van der Waals surface area (Å²) in [5, 5.41) is 22.2. The first-order chi connectivity index (χ1) is 17.2. The number of nitro benzene ring substituents is 2. The molecule has 0 spiro atoms. The molecular formula is C26H24N2O8. The van der Waals surface area contributed by atoms with Crippen molar-refractivity contribution in [3.8, 4) is 17.2 Å². The molecule has 10 heteroatoms. The van der Waals surface area contributed by atoms with E-state index in [1.165, 1.54) is 31.4 Å². The third-order valence-electron chi connectivity index (χ3n) is 5.19. The van der Waals surface area contributed by atoms with Gasteiger partial charge in [-0.15, -0.1) is 0 Å². The van der Waals surface area contributed by atoms with Gasteiger partial charge in [0.25, 0.3) is 11.4 Å². The second kappa shape index (κ2) is 11.6. The van der Waals surface area contributed by atoms with Crippen LogP contribution in [-0.4, -0.2) is 29.5 Å². The van der Waals surface area contributed by atoms with Gasteiger partial charge in [0.2, 0.25) is 0 Å². The number of carbonyl (C=O) groups is 1. The van der Waals surface area contributed by atoms with Gasteiger partial charge in [-0.2, -0.15) is 0 Å². The molecule has 0 aromatic heterocycles. The van der Waals surface area contributed by atoms with Crippen LogP contribution in [0.2, 0.25) is 0 Å². The van der Waals surface area contributed by atoms with Gasteiger partial charge in [0.15, 0.2) is 18.1 Å². The molecule has 0 amide bonds. The molecule has 0 aliphatic carbocycles. The summed E-state index contributed by atoms with van der Waals surface area (Å²) in [4.78, 5) is 33.1. The summed E-state index contributed by atoms with van der Waals surface area (Å²) in [5.41, 5.74) is 1.19. The molecule has 3 rings (SSSR count). The average Bonchev–Trinajstić information content (AvgIpc) is 2.86. The van der Waals surface area contributed by atoms with Gasteiger partial charge in [-0.1, -0.05) is 38.1 Å². The molecule has 0 saturated carbocycles. The van der Waals surface area contributed by atoms with E-state index < -0.39 is 21.5 Å². The van der Waals surface area contributed by atoms with Gasteiger partial charge < -0.3 is 14.2 Å². The van der Waals surface area contributed by atoms with E-state index in [-0.39, 0.29) is 29.4 Å². The molecular weight excluding hydrogens is 468 g/mol. The highest BCUT2D eigenvalue weighted by atomic mass is 16.6. The number of hydrogen-bond donors (Lipinski definition) is 0. The molecule has 0 radical (unpaired) electrons. The molecule has 0 unspecified atom stereocenters. The molecule has 36 heavy (non-hydrogen) atoms. The predicted octanol–water partition coefficient (Wildman–Crippen LogP) is 5.79. The van der Waals surface area contributed by atoms with E-state index in [0.29, 0.717) is 17.2 Å². The number of rotatable bonds is 10. The third kappa shape index (κ3) is 6.66. The van der Waals surface area contributed by atoms with Gasteiger partial charge >= 0.3 is 5.97 Å². The van der Waals surface area contributed by atoms with Crippen LogP contribution in [0.25, 0.3) is 12.2 Å². The Morgan fingerprint density at radius 3 is 2.25 bits per heavy atom.